The Morgan fingerprint density at radius 1 is 1.58 bits per heavy atom. The molecule has 0 aromatic carbocycles. The van der Waals surface area contributed by atoms with Crippen LogP contribution in [-0.4, -0.2) is 16.2 Å². The number of aliphatic hydroxyl groups excluding tert-OH is 1. The fraction of sp³-hybridized carbons (Fsp3) is 0.333. The van der Waals surface area contributed by atoms with Gasteiger partial charge >= 0.3 is 5.97 Å². The van der Waals surface area contributed by atoms with Gasteiger partial charge in [-0.3, -0.25) is 0 Å². The fourth-order valence-corrected chi connectivity index (χ4v) is 1.21. The van der Waals surface area contributed by atoms with Crippen LogP contribution in [0.15, 0.2) is 24.0 Å². The predicted molar refractivity (Wildman–Crippen MR) is 44.5 cm³/mol. The van der Waals surface area contributed by atoms with Crippen molar-refractivity contribution in [2.24, 2.45) is 5.92 Å². The summed E-state index contributed by atoms with van der Waals surface area (Å²) in [4.78, 5) is 10.5. The van der Waals surface area contributed by atoms with Gasteiger partial charge in [0.15, 0.2) is 0 Å². The molecule has 65 valence electrons. The smallest absolute Gasteiger partial charge is 0.331 e. The molecule has 0 aromatic heterocycles. The molecule has 0 spiro atoms. The van der Waals surface area contributed by atoms with Crippen LogP contribution < -0.4 is 0 Å². The Labute approximate surface area is 71.0 Å². The van der Waals surface area contributed by atoms with Gasteiger partial charge < -0.3 is 10.2 Å². The molecular weight excluding hydrogens is 156 g/mol. The van der Waals surface area contributed by atoms with Crippen LogP contribution in [-0.2, 0) is 4.79 Å². The quantitative estimate of drug-likeness (QED) is 0.615. The largest absolute Gasteiger partial charge is 0.513 e. The van der Waals surface area contributed by atoms with E-state index >= 15 is 0 Å². The van der Waals surface area contributed by atoms with Crippen LogP contribution >= 0.6 is 0 Å². The minimum absolute atomic E-state index is 0.0434. The number of carbonyl (C=O) groups is 1. The number of allylic oxidation sites excluding steroid dienone is 2. The Morgan fingerprint density at radius 3 is 2.75 bits per heavy atom. The second kappa shape index (κ2) is 3.43. The third-order valence-corrected chi connectivity index (χ3v) is 1.93. The van der Waals surface area contributed by atoms with E-state index in [0.29, 0.717) is 18.4 Å². The molecule has 0 aromatic rings. The van der Waals surface area contributed by atoms with E-state index in [4.69, 9.17) is 10.2 Å². The number of carboxylic acids is 1. The van der Waals surface area contributed by atoms with Crippen molar-refractivity contribution >= 4 is 5.97 Å². The number of aliphatic hydroxyl groups is 1. The lowest BCUT2D eigenvalue weighted by Crippen LogP contribution is -2.14. The highest BCUT2D eigenvalue weighted by molar-refractivity contribution is 5.86. The highest BCUT2D eigenvalue weighted by atomic mass is 16.4. The lowest BCUT2D eigenvalue weighted by molar-refractivity contribution is -0.132. The van der Waals surface area contributed by atoms with Gasteiger partial charge in [-0.15, -0.1) is 0 Å². The first kappa shape index (κ1) is 8.84. The van der Waals surface area contributed by atoms with Crippen LogP contribution in [0.1, 0.15) is 12.8 Å². The Morgan fingerprint density at radius 2 is 2.25 bits per heavy atom. The van der Waals surface area contributed by atoms with E-state index < -0.39 is 5.97 Å². The number of hydrogen-bond acceptors (Lipinski definition) is 2. The molecule has 0 heterocycles. The Bertz CT molecular complexity index is 240. The lowest BCUT2D eigenvalue weighted by Gasteiger charge is -2.18. The minimum atomic E-state index is -0.908. The first-order valence-corrected chi connectivity index (χ1v) is 3.74. The van der Waals surface area contributed by atoms with Crippen molar-refractivity contribution in [3.63, 3.8) is 0 Å². The van der Waals surface area contributed by atoms with Crippen molar-refractivity contribution in [2.75, 3.05) is 0 Å². The molecule has 1 atom stereocenters. The summed E-state index contributed by atoms with van der Waals surface area (Å²) >= 11 is 0. The molecule has 3 nitrogen and oxygen atoms in total. The van der Waals surface area contributed by atoms with E-state index in [1.165, 1.54) is 0 Å². The van der Waals surface area contributed by atoms with Crippen LogP contribution in [0.4, 0.5) is 0 Å². The lowest BCUT2D eigenvalue weighted by atomic mass is 9.88. The van der Waals surface area contributed by atoms with Gasteiger partial charge in [0.2, 0.25) is 0 Å². The number of hydrogen-bond donors (Lipinski definition) is 2. The standard InChI is InChI=1S/C9H11O3/c1-6(10)7-3-2-4-8(5-7)9(11)12/h3-4,7,10H,1-2,5H2,(H,11,12). The van der Waals surface area contributed by atoms with Gasteiger partial charge in [-0.1, -0.05) is 12.7 Å². The SMILES string of the molecule is C=C(O)C1[CH]CC=C(C(=O)O)C1. The summed E-state index contributed by atoms with van der Waals surface area (Å²) in [5.41, 5.74) is 0.359. The van der Waals surface area contributed by atoms with E-state index in [9.17, 15) is 4.79 Å². The van der Waals surface area contributed by atoms with Gasteiger partial charge in [0, 0.05) is 11.5 Å². The van der Waals surface area contributed by atoms with Crippen LogP contribution in [0.25, 0.3) is 0 Å². The van der Waals surface area contributed by atoms with Gasteiger partial charge in [0.25, 0.3) is 0 Å². The Hall–Kier alpha value is -1.25. The van der Waals surface area contributed by atoms with Gasteiger partial charge in [-0.2, -0.15) is 0 Å². The molecule has 12 heavy (non-hydrogen) atoms. The number of aliphatic carboxylic acids is 1. The Balaban J connectivity index is 2.65. The molecule has 2 N–H and O–H groups in total. The summed E-state index contributed by atoms with van der Waals surface area (Å²) in [5, 5.41) is 17.7. The van der Waals surface area contributed by atoms with E-state index in [0.717, 1.165) is 0 Å². The van der Waals surface area contributed by atoms with Crippen molar-refractivity contribution in [3.8, 4) is 0 Å². The molecule has 1 rings (SSSR count). The summed E-state index contributed by atoms with van der Waals surface area (Å²) in [6.45, 7) is 3.38. The normalized spacial score (nSPS) is 23.0. The van der Waals surface area contributed by atoms with Crippen LogP contribution in [0.5, 0.6) is 0 Å². The summed E-state index contributed by atoms with van der Waals surface area (Å²) in [5.74, 6) is -1.06. The van der Waals surface area contributed by atoms with Crippen LogP contribution in [0.3, 0.4) is 0 Å². The maximum absolute atomic E-state index is 10.5. The maximum atomic E-state index is 10.5. The minimum Gasteiger partial charge on any atom is -0.513 e. The topological polar surface area (TPSA) is 57.5 Å². The molecule has 1 radical (unpaired) electrons. The summed E-state index contributed by atoms with van der Waals surface area (Å²) in [7, 11) is 0. The molecule has 0 bridgehead atoms. The molecule has 0 amide bonds. The van der Waals surface area contributed by atoms with Gasteiger partial charge in [-0.25, -0.2) is 4.79 Å². The first-order valence-electron chi connectivity index (χ1n) is 3.74. The average Bonchev–Trinajstić information content (AvgIpc) is 2.04. The van der Waals surface area contributed by atoms with Crippen LogP contribution in [0, 0.1) is 12.3 Å². The van der Waals surface area contributed by atoms with Gasteiger partial charge in [-0.05, 0) is 19.3 Å². The second-order valence-electron chi connectivity index (χ2n) is 2.81. The number of carboxylic acid groups (broad SMARTS) is 1. The van der Waals surface area contributed by atoms with E-state index in [-0.39, 0.29) is 11.7 Å². The molecule has 0 saturated carbocycles. The fourth-order valence-electron chi connectivity index (χ4n) is 1.21. The van der Waals surface area contributed by atoms with Gasteiger partial charge in [0.1, 0.15) is 0 Å². The highest BCUT2D eigenvalue weighted by Crippen LogP contribution is 2.26. The zero-order valence-corrected chi connectivity index (χ0v) is 6.66. The van der Waals surface area contributed by atoms with E-state index in [1.807, 2.05) is 6.42 Å². The van der Waals surface area contributed by atoms with Crippen molar-refractivity contribution in [1.82, 2.24) is 0 Å². The molecule has 0 saturated heterocycles. The Kier molecular flexibility index (Phi) is 2.53. The molecule has 1 aliphatic rings. The molecule has 3 heteroatoms. The molecule has 0 aliphatic heterocycles. The molecule has 1 aliphatic carbocycles. The van der Waals surface area contributed by atoms with Crippen LogP contribution in [0.2, 0.25) is 0 Å². The third-order valence-electron chi connectivity index (χ3n) is 1.93. The number of rotatable bonds is 2. The highest BCUT2D eigenvalue weighted by Gasteiger charge is 2.21. The summed E-state index contributed by atoms with van der Waals surface area (Å²) in [6, 6.07) is 0. The predicted octanol–water partition coefficient (Wildman–Crippen LogP) is 1.68. The third kappa shape index (κ3) is 1.87. The molecule has 0 fully saturated rings. The van der Waals surface area contributed by atoms with E-state index in [2.05, 4.69) is 6.58 Å². The molecular formula is C9H11O3. The van der Waals surface area contributed by atoms with Gasteiger partial charge in [0.05, 0.1) is 5.76 Å². The zero-order chi connectivity index (χ0) is 9.14. The van der Waals surface area contributed by atoms with Crippen molar-refractivity contribution < 1.29 is 15.0 Å². The second-order valence-corrected chi connectivity index (χ2v) is 2.81. The monoisotopic (exact) mass is 167 g/mol. The van der Waals surface area contributed by atoms with Crippen molar-refractivity contribution in [2.45, 2.75) is 12.8 Å². The van der Waals surface area contributed by atoms with Crippen molar-refractivity contribution in [1.29, 1.82) is 0 Å². The first-order chi connectivity index (χ1) is 5.61. The van der Waals surface area contributed by atoms with E-state index in [1.54, 1.807) is 6.08 Å². The zero-order valence-electron chi connectivity index (χ0n) is 6.66. The molecule has 1 unspecified atom stereocenters. The maximum Gasteiger partial charge on any atom is 0.331 e. The van der Waals surface area contributed by atoms with Crippen molar-refractivity contribution in [3.05, 3.63) is 30.4 Å². The summed E-state index contributed by atoms with van der Waals surface area (Å²) in [6.07, 6.45) is 4.45. The summed E-state index contributed by atoms with van der Waals surface area (Å²) < 4.78 is 0. The average molecular weight is 167 g/mol.